The number of carbonyl (C=O) groups is 2. The van der Waals surface area contributed by atoms with Crippen LogP contribution in [-0.4, -0.2) is 38.5 Å². The van der Waals surface area contributed by atoms with Crippen LogP contribution < -0.4 is 5.32 Å². The molecule has 0 spiro atoms. The number of carbonyl (C=O) groups excluding carboxylic acids is 1. The van der Waals surface area contributed by atoms with E-state index < -0.39 is 5.97 Å². The topological polar surface area (TPSA) is 108 Å². The Balaban J connectivity index is 2.00. The summed E-state index contributed by atoms with van der Waals surface area (Å²) in [7, 11) is 0. The van der Waals surface area contributed by atoms with Crippen molar-refractivity contribution in [3.8, 4) is 0 Å². The first-order valence-electron chi connectivity index (χ1n) is 6.27. The van der Waals surface area contributed by atoms with Crippen molar-refractivity contribution in [2.24, 2.45) is 0 Å². The predicted molar refractivity (Wildman–Crippen MR) is 75.5 cm³/mol. The first kappa shape index (κ1) is 14.4. The largest absolute Gasteiger partial charge is 0.478 e. The average Bonchev–Trinajstić information content (AvgIpc) is 2.98. The molecule has 2 heterocycles. The van der Waals surface area contributed by atoms with Crippen molar-refractivity contribution in [2.45, 2.75) is 6.42 Å². The molecule has 0 aromatic carbocycles. The van der Waals surface area contributed by atoms with Gasteiger partial charge in [-0.25, -0.2) is 9.78 Å². The fourth-order valence-corrected chi connectivity index (χ4v) is 1.73. The highest BCUT2D eigenvalue weighted by Crippen LogP contribution is 2.09. The Bertz CT molecular complexity index is 650. The zero-order valence-electron chi connectivity index (χ0n) is 11.1. The van der Waals surface area contributed by atoms with Gasteiger partial charge in [-0.15, -0.1) is 0 Å². The Hall–Kier alpha value is -2.96. The fourth-order valence-electron chi connectivity index (χ4n) is 1.73. The predicted octanol–water partition coefficient (Wildman–Crippen LogP) is 0.875. The summed E-state index contributed by atoms with van der Waals surface area (Å²) < 4.78 is 0. The first-order valence-corrected chi connectivity index (χ1v) is 6.27. The van der Waals surface area contributed by atoms with E-state index in [1.807, 2.05) is 0 Å². The van der Waals surface area contributed by atoms with Gasteiger partial charge < -0.3 is 15.4 Å². The quantitative estimate of drug-likeness (QED) is 0.683. The van der Waals surface area contributed by atoms with Crippen LogP contribution in [0.15, 0.2) is 37.1 Å². The molecule has 2 aromatic rings. The van der Waals surface area contributed by atoms with E-state index >= 15 is 0 Å². The highest BCUT2D eigenvalue weighted by Gasteiger charge is 2.09. The van der Waals surface area contributed by atoms with Crippen LogP contribution in [0.4, 0.5) is 0 Å². The summed E-state index contributed by atoms with van der Waals surface area (Å²) in [6.07, 6.45) is 9.16. The van der Waals surface area contributed by atoms with E-state index in [9.17, 15) is 9.59 Å². The van der Waals surface area contributed by atoms with Crippen LogP contribution in [0.2, 0.25) is 0 Å². The molecule has 0 fully saturated rings. The van der Waals surface area contributed by atoms with Gasteiger partial charge in [-0.2, -0.15) is 0 Å². The Morgan fingerprint density at radius 1 is 1.33 bits per heavy atom. The van der Waals surface area contributed by atoms with E-state index in [-0.39, 0.29) is 5.91 Å². The molecule has 1 amide bonds. The Kier molecular flexibility index (Phi) is 4.81. The molecule has 0 aliphatic heterocycles. The van der Waals surface area contributed by atoms with Crippen LogP contribution in [0.25, 0.3) is 6.08 Å². The third kappa shape index (κ3) is 4.27. The zero-order chi connectivity index (χ0) is 15.1. The van der Waals surface area contributed by atoms with Crippen molar-refractivity contribution in [1.29, 1.82) is 0 Å². The van der Waals surface area contributed by atoms with Crippen LogP contribution in [0.5, 0.6) is 0 Å². The third-order valence-electron chi connectivity index (χ3n) is 2.74. The molecule has 21 heavy (non-hydrogen) atoms. The monoisotopic (exact) mass is 286 g/mol. The van der Waals surface area contributed by atoms with Crippen LogP contribution >= 0.6 is 0 Å². The second-order valence-electron chi connectivity index (χ2n) is 4.22. The first-order chi connectivity index (χ1) is 10.2. The van der Waals surface area contributed by atoms with Gasteiger partial charge in [0.15, 0.2) is 0 Å². The van der Waals surface area contributed by atoms with E-state index in [1.165, 1.54) is 18.5 Å². The molecule has 0 atom stereocenters. The lowest BCUT2D eigenvalue weighted by Crippen LogP contribution is -2.26. The highest BCUT2D eigenvalue weighted by atomic mass is 16.4. The molecular formula is C14H14N4O3. The number of hydrogen-bond donors (Lipinski definition) is 3. The van der Waals surface area contributed by atoms with Gasteiger partial charge in [0, 0.05) is 54.5 Å². The maximum Gasteiger partial charge on any atom is 0.328 e. The number of H-pyrrole nitrogens is 1. The molecule has 0 bridgehead atoms. The number of hydrogen-bond acceptors (Lipinski definition) is 4. The lowest BCUT2D eigenvalue weighted by atomic mass is 10.1. The summed E-state index contributed by atoms with van der Waals surface area (Å²) in [5, 5.41) is 11.4. The molecule has 0 unspecified atom stereocenters. The molecule has 7 nitrogen and oxygen atoms in total. The lowest BCUT2D eigenvalue weighted by Gasteiger charge is -2.06. The number of nitrogens with zero attached hydrogens (tertiary/aromatic N) is 2. The van der Waals surface area contributed by atoms with Crippen molar-refractivity contribution >= 4 is 18.0 Å². The minimum Gasteiger partial charge on any atom is -0.478 e. The van der Waals surface area contributed by atoms with Gasteiger partial charge >= 0.3 is 5.97 Å². The molecule has 2 aromatic heterocycles. The lowest BCUT2D eigenvalue weighted by molar-refractivity contribution is -0.131. The van der Waals surface area contributed by atoms with Crippen molar-refractivity contribution in [1.82, 2.24) is 20.3 Å². The molecule has 0 aliphatic rings. The molecule has 2 rings (SSSR count). The molecule has 0 saturated carbocycles. The van der Waals surface area contributed by atoms with Crippen LogP contribution in [0.3, 0.4) is 0 Å². The number of aromatic nitrogens is 3. The number of pyridine rings is 1. The molecule has 3 N–H and O–H groups in total. The number of imidazole rings is 1. The maximum atomic E-state index is 12.1. The number of amides is 1. The minimum atomic E-state index is -1.08. The summed E-state index contributed by atoms with van der Waals surface area (Å²) in [5.41, 5.74) is 1.77. The van der Waals surface area contributed by atoms with E-state index in [2.05, 4.69) is 20.3 Å². The van der Waals surface area contributed by atoms with Crippen molar-refractivity contribution < 1.29 is 14.7 Å². The minimum absolute atomic E-state index is 0.276. The van der Waals surface area contributed by atoms with Crippen LogP contribution in [-0.2, 0) is 11.2 Å². The Morgan fingerprint density at radius 3 is 2.90 bits per heavy atom. The Morgan fingerprint density at radius 2 is 2.19 bits per heavy atom. The van der Waals surface area contributed by atoms with Gasteiger partial charge in [-0.3, -0.25) is 9.78 Å². The fraction of sp³-hybridized carbons (Fsp3) is 0.143. The smallest absolute Gasteiger partial charge is 0.328 e. The summed E-state index contributed by atoms with van der Waals surface area (Å²) in [6, 6.07) is 1.55. The van der Waals surface area contributed by atoms with Crippen molar-refractivity contribution in [2.75, 3.05) is 6.54 Å². The molecule has 0 saturated heterocycles. The van der Waals surface area contributed by atoms with Crippen LogP contribution in [0, 0.1) is 0 Å². The van der Waals surface area contributed by atoms with E-state index in [0.29, 0.717) is 24.1 Å². The molecule has 7 heteroatoms. The van der Waals surface area contributed by atoms with E-state index in [0.717, 1.165) is 11.8 Å². The third-order valence-corrected chi connectivity index (χ3v) is 2.74. The molecule has 0 aliphatic carbocycles. The van der Waals surface area contributed by atoms with Gasteiger partial charge in [0.1, 0.15) is 0 Å². The van der Waals surface area contributed by atoms with Gasteiger partial charge in [0.05, 0.1) is 6.33 Å². The number of carboxylic acids is 1. The number of rotatable bonds is 6. The SMILES string of the molecule is O=C(O)C=Cc1cnccc1C(=O)NCCc1cnc[nH]1. The van der Waals surface area contributed by atoms with E-state index in [4.69, 9.17) is 5.11 Å². The summed E-state index contributed by atoms with van der Waals surface area (Å²) in [4.78, 5) is 33.4. The summed E-state index contributed by atoms with van der Waals surface area (Å²) in [5.74, 6) is -1.36. The zero-order valence-corrected chi connectivity index (χ0v) is 11.1. The van der Waals surface area contributed by atoms with Gasteiger partial charge in [-0.1, -0.05) is 0 Å². The van der Waals surface area contributed by atoms with E-state index in [1.54, 1.807) is 18.6 Å². The Labute approximate surface area is 120 Å². The molecular weight excluding hydrogens is 272 g/mol. The average molecular weight is 286 g/mol. The number of aromatic amines is 1. The van der Waals surface area contributed by atoms with Gasteiger partial charge in [0.2, 0.25) is 0 Å². The normalized spacial score (nSPS) is 10.7. The summed E-state index contributed by atoms with van der Waals surface area (Å²) >= 11 is 0. The standard InChI is InChI=1S/C14H14N4O3/c19-13(20)2-1-10-7-15-5-4-12(10)14(21)17-6-3-11-8-16-9-18-11/h1-2,4-5,7-9H,3,6H2,(H,16,18)(H,17,21)(H,19,20). The number of aliphatic carboxylic acids is 1. The highest BCUT2D eigenvalue weighted by molar-refractivity contribution is 5.98. The molecule has 0 radical (unpaired) electrons. The van der Waals surface area contributed by atoms with Gasteiger partial charge in [-0.05, 0) is 12.1 Å². The van der Waals surface area contributed by atoms with Crippen molar-refractivity contribution in [3.63, 3.8) is 0 Å². The van der Waals surface area contributed by atoms with Gasteiger partial charge in [0.25, 0.3) is 5.91 Å². The van der Waals surface area contributed by atoms with Crippen LogP contribution in [0.1, 0.15) is 21.6 Å². The second-order valence-corrected chi connectivity index (χ2v) is 4.22. The maximum absolute atomic E-state index is 12.1. The summed E-state index contributed by atoms with van der Waals surface area (Å²) in [6.45, 7) is 0.450. The number of nitrogens with one attached hydrogen (secondary N) is 2. The molecule has 108 valence electrons. The second kappa shape index (κ2) is 6.99. The number of carboxylic acid groups (broad SMARTS) is 1. The van der Waals surface area contributed by atoms with Crippen molar-refractivity contribution in [3.05, 3.63) is 53.9 Å².